The molecule has 0 radical (unpaired) electrons. The number of Topliss-reactive ketones (excluding diaryl/α,β-unsaturated/α-hetero) is 1. The molecule has 24 heavy (non-hydrogen) atoms. The minimum Gasteiger partial charge on any atom is -0.465 e. The highest BCUT2D eigenvalue weighted by atomic mass is 16.6. The summed E-state index contributed by atoms with van der Waals surface area (Å²) < 4.78 is 10.2. The number of amides is 1. The molecule has 0 N–H and O–H groups in total. The number of ketones is 1. The average Bonchev–Trinajstić information content (AvgIpc) is 2.65. The molecular weight excluding hydrogens is 310 g/mol. The van der Waals surface area contributed by atoms with Gasteiger partial charge in [0.1, 0.15) is 5.92 Å². The Morgan fingerprint density at radius 2 is 1.92 bits per heavy atom. The molecule has 0 aromatic heterocycles. The Kier molecular flexibility index (Phi) is 5.80. The van der Waals surface area contributed by atoms with Crippen LogP contribution in [0.1, 0.15) is 40.5 Å². The van der Waals surface area contributed by atoms with Crippen LogP contribution in [0.3, 0.4) is 0 Å². The van der Waals surface area contributed by atoms with Crippen molar-refractivity contribution in [2.75, 3.05) is 19.8 Å². The number of allylic oxidation sites excluding steroid dienone is 3. The first kappa shape index (κ1) is 18.2. The molecule has 132 valence electrons. The number of esters is 1. The van der Waals surface area contributed by atoms with Crippen LogP contribution in [-0.4, -0.2) is 42.5 Å². The molecule has 0 spiro atoms. The Morgan fingerprint density at radius 3 is 2.54 bits per heavy atom. The first-order valence-corrected chi connectivity index (χ1v) is 8.47. The SMILES string of the molecule is CCOC(=O)C1CCN(C(=O)OCC)C2=C(CC(C)C=C2C)C1=O. The lowest BCUT2D eigenvalue weighted by Gasteiger charge is -2.29. The van der Waals surface area contributed by atoms with Gasteiger partial charge in [-0.2, -0.15) is 0 Å². The van der Waals surface area contributed by atoms with Gasteiger partial charge in [0.2, 0.25) is 0 Å². The summed E-state index contributed by atoms with van der Waals surface area (Å²) in [5.41, 5.74) is 2.00. The van der Waals surface area contributed by atoms with Crippen molar-refractivity contribution in [1.29, 1.82) is 0 Å². The van der Waals surface area contributed by atoms with E-state index in [0.29, 0.717) is 17.7 Å². The number of rotatable bonds is 3. The second-order valence-corrected chi connectivity index (χ2v) is 6.17. The molecule has 1 amide bonds. The molecular formula is C18H25NO5. The Hall–Kier alpha value is -2.11. The van der Waals surface area contributed by atoms with Gasteiger partial charge in [0.05, 0.1) is 18.9 Å². The summed E-state index contributed by atoms with van der Waals surface area (Å²) in [7, 11) is 0. The van der Waals surface area contributed by atoms with Gasteiger partial charge in [0.15, 0.2) is 5.78 Å². The maximum atomic E-state index is 12.9. The third-order valence-electron chi connectivity index (χ3n) is 4.30. The van der Waals surface area contributed by atoms with E-state index in [-0.39, 0.29) is 37.9 Å². The standard InChI is InChI=1S/C18H25NO5/c1-5-23-17(21)13-7-8-19(18(22)24-6-2)15-12(4)9-11(3)10-14(15)16(13)20/h9,11,13H,5-8,10H2,1-4H3. The molecule has 0 fully saturated rings. The minimum atomic E-state index is -0.854. The molecule has 6 nitrogen and oxygen atoms in total. The Bertz CT molecular complexity index is 605. The lowest BCUT2D eigenvalue weighted by atomic mass is 9.84. The zero-order valence-electron chi connectivity index (χ0n) is 14.8. The third-order valence-corrected chi connectivity index (χ3v) is 4.30. The zero-order chi connectivity index (χ0) is 17.9. The monoisotopic (exact) mass is 335 g/mol. The van der Waals surface area contributed by atoms with Gasteiger partial charge >= 0.3 is 12.1 Å². The lowest BCUT2D eigenvalue weighted by molar-refractivity contribution is -0.151. The second kappa shape index (κ2) is 7.64. The maximum Gasteiger partial charge on any atom is 0.414 e. The minimum absolute atomic E-state index is 0.178. The highest BCUT2D eigenvalue weighted by molar-refractivity contribution is 6.09. The van der Waals surface area contributed by atoms with Crippen LogP contribution < -0.4 is 0 Å². The molecule has 2 atom stereocenters. The van der Waals surface area contributed by atoms with Crippen LogP contribution in [0.2, 0.25) is 0 Å². The first-order chi connectivity index (χ1) is 11.4. The number of hydrogen-bond acceptors (Lipinski definition) is 5. The van der Waals surface area contributed by atoms with Crippen molar-refractivity contribution in [3.8, 4) is 0 Å². The largest absolute Gasteiger partial charge is 0.465 e. The molecule has 1 aliphatic carbocycles. The van der Waals surface area contributed by atoms with E-state index in [1.165, 1.54) is 4.90 Å². The number of carbonyl (C=O) groups is 3. The summed E-state index contributed by atoms with van der Waals surface area (Å²) in [5.74, 6) is -1.42. The van der Waals surface area contributed by atoms with E-state index in [4.69, 9.17) is 9.47 Å². The molecule has 2 aliphatic rings. The smallest absolute Gasteiger partial charge is 0.414 e. The molecule has 6 heteroatoms. The van der Waals surface area contributed by atoms with Crippen LogP contribution >= 0.6 is 0 Å². The highest BCUT2D eigenvalue weighted by Crippen LogP contribution is 2.36. The number of carbonyl (C=O) groups excluding carboxylic acids is 3. The molecule has 2 rings (SSSR count). The first-order valence-electron chi connectivity index (χ1n) is 8.47. The fourth-order valence-electron chi connectivity index (χ4n) is 3.38. The Labute approximate surface area is 142 Å². The van der Waals surface area contributed by atoms with Gasteiger partial charge in [0.25, 0.3) is 0 Å². The lowest BCUT2D eigenvalue weighted by Crippen LogP contribution is -2.33. The van der Waals surface area contributed by atoms with Crippen LogP contribution in [0, 0.1) is 11.8 Å². The van der Waals surface area contributed by atoms with Crippen LogP contribution in [0.4, 0.5) is 4.79 Å². The molecule has 1 heterocycles. The number of ether oxygens (including phenoxy) is 2. The highest BCUT2D eigenvalue weighted by Gasteiger charge is 2.40. The van der Waals surface area contributed by atoms with Crippen molar-refractivity contribution in [3.63, 3.8) is 0 Å². The van der Waals surface area contributed by atoms with E-state index in [9.17, 15) is 14.4 Å². The van der Waals surface area contributed by atoms with E-state index in [0.717, 1.165) is 5.57 Å². The summed E-state index contributed by atoms with van der Waals surface area (Å²) in [4.78, 5) is 39.0. The number of hydrogen-bond donors (Lipinski definition) is 0. The van der Waals surface area contributed by atoms with Crippen molar-refractivity contribution in [2.45, 2.75) is 40.5 Å². The molecule has 0 bridgehead atoms. The van der Waals surface area contributed by atoms with Gasteiger partial charge in [-0.1, -0.05) is 13.0 Å². The predicted octanol–water partition coefficient (Wildman–Crippen LogP) is 2.84. The van der Waals surface area contributed by atoms with E-state index in [1.807, 2.05) is 19.9 Å². The van der Waals surface area contributed by atoms with Crippen molar-refractivity contribution in [1.82, 2.24) is 4.90 Å². The summed E-state index contributed by atoms with van der Waals surface area (Å²) in [6.07, 6.45) is 2.32. The van der Waals surface area contributed by atoms with Crippen LogP contribution in [0.5, 0.6) is 0 Å². The quantitative estimate of drug-likeness (QED) is 0.586. The van der Waals surface area contributed by atoms with Gasteiger partial charge < -0.3 is 9.47 Å². The fourth-order valence-corrected chi connectivity index (χ4v) is 3.38. The van der Waals surface area contributed by atoms with Crippen LogP contribution in [0.25, 0.3) is 0 Å². The van der Waals surface area contributed by atoms with Gasteiger partial charge in [-0.15, -0.1) is 0 Å². The fraction of sp³-hybridized carbons (Fsp3) is 0.611. The van der Waals surface area contributed by atoms with Crippen molar-refractivity contribution < 1.29 is 23.9 Å². The zero-order valence-corrected chi connectivity index (χ0v) is 14.8. The predicted molar refractivity (Wildman–Crippen MR) is 88.0 cm³/mol. The summed E-state index contributed by atoms with van der Waals surface area (Å²) in [5, 5.41) is 0. The van der Waals surface area contributed by atoms with E-state index in [1.54, 1.807) is 13.8 Å². The summed E-state index contributed by atoms with van der Waals surface area (Å²) in [6, 6.07) is 0. The third kappa shape index (κ3) is 3.52. The maximum absolute atomic E-state index is 12.9. The van der Waals surface area contributed by atoms with E-state index in [2.05, 4.69) is 0 Å². The van der Waals surface area contributed by atoms with Gasteiger partial charge in [-0.3, -0.25) is 14.5 Å². The summed E-state index contributed by atoms with van der Waals surface area (Å²) >= 11 is 0. The van der Waals surface area contributed by atoms with Crippen LogP contribution in [0.15, 0.2) is 22.9 Å². The average molecular weight is 335 g/mol. The topological polar surface area (TPSA) is 72.9 Å². The van der Waals surface area contributed by atoms with Crippen molar-refractivity contribution in [3.05, 3.63) is 22.9 Å². The molecule has 1 aliphatic heterocycles. The Morgan fingerprint density at radius 1 is 1.25 bits per heavy atom. The van der Waals surface area contributed by atoms with Gasteiger partial charge in [-0.25, -0.2) is 4.79 Å². The Balaban J connectivity index is 2.45. The molecule has 2 unspecified atom stereocenters. The van der Waals surface area contributed by atoms with Crippen molar-refractivity contribution >= 4 is 17.8 Å². The van der Waals surface area contributed by atoms with E-state index >= 15 is 0 Å². The molecule has 0 saturated carbocycles. The molecule has 0 aromatic rings. The van der Waals surface area contributed by atoms with E-state index < -0.39 is 18.0 Å². The van der Waals surface area contributed by atoms with Gasteiger partial charge in [-0.05, 0) is 45.1 Å². The van der Waals surface area contributed by atoms with Crippen molar-refractivity contribution in [2.24, 2.45) is 11.8 Å². The second-order valence-electron chi connectivity index (χ2n) is 6.17. The normalized spacial score (nSPS) is 24.1. The molecule has 0 aromatic carbocycles. The summed E-state index contributed by atoms with van der Waals surface area (Å²) in [6.45, 7) is 8.09. The van der Waals surface area contributed by atoms with Gasteiger partial charge in [0, 0.05) is 12.1 Å². The molecule has 0 saturated heterocycles. The van der Waals surface area contributed by atoms with Crippen LogP contribution in [-0.2, 0) is 19.1 Å². The number of nitrogens with zero attached hydrogens (tertiary/aromatic N) is 1.